The Morgan fingerprint density at radius 3 is 2.06 bits per heavy atom. The summed E-state index contributed by atoms with van der Waals surface area (Å²) in [5, 5.41) is 15.9. The first kappa shape index (κ1) is 24.2. The van der Waals surface area contributed by atoms with Gasteiger partial charge in [0.15, 0.2) is 17.3 Å². The third-order valence-corrected chi connectivity index (χ3v) is 5.24. The Balaban J connectivity index is 1.75. The maximum absolute atomic E-state index is 13.0. The molecule has 0 atom stereocenters. The van der Waals surface area contributed by atoms with E-state index in [-0.39, 0.29) is 11.4 Å². The number of hydroxylamine groups is 1. The highest BCUT2D eigenvalue weighted by atomic mass is 16.5. The molecule has 1 aromatic heterocycles. The summed E-state index contributed by atoms with van der Waals surface area (Å²) < 4.78 is 17.9. The second-order valence-electron chi connectivity index (χ2n) is 7.39. The van der Waals surface area contributed by atoms with Crippen LogP contribution in [-0.2, 0) is 0 Å². The van der Waals surface area contributed by atoms with E-state index in [1.165, 1.54) is 50.3 Å². The van der Waals surface area contributed by atoms with Crippen LogP contribution in [0, 0.1) is 0 Å². The van der Waals surface area contributed by atoms with E-state index < -0.39 is 11.8 Å². The van der Waals surface area contributed by atoms with Gasteiger partial charge in [-0.25, -0.2) is 15.1 Å². The summed E-state index contributed by atoms with van der Waals surface area (Å²) in [6, 6.07) is 18.7. The monoisotopic (exact) mass is 489 g/mol. The van der Waals surface area contributed by atoms with Crippen LogP contribution < -0.4 is 25.0 Å². The van der Waals surface area contributed by atoms with Crippen molar-refractivity contribution in [1.29, 1.82) is 0 Å². The Labute approximate surface area is 206 Å². The molecule has 3 aromatic carbocycles. The average Bonchev–Trinajstić information content (AvgIpc) is 3.38. The minimum atomic E-state index is -0.661. The van der Waals surface area contributed by atoms with Crippen LogP contribution in [0.4, 0.5) is 5.69 Å². The molecule has 11 heteroatoms. The lowest BCUT2D eigenvalue weighted by atomic mass is 10.2. The van der Waals surface area contributed by atoms with Gasteiger partial charge in [-0.2, -0.15) is 0 Å². The number of ether oxygens (including phenoxy) is 3. The molecule has 4 rings (SSSR count). The molecule has 11 nitrogen and oxygen atoms in total. The van der Waals surface area contributed by atoms with Crippen LogP contribution in [0.3, 0.4) is 0 Å². The van der Waals surface area contributed by atoms with Crippen molar-refractivity contribution in [3.63, 3.8) is 0 Å². The van der Waals surface area contributed by atoms with Crippen LogP contribution in [0.1, 0.15) is 21.0 Å². The van der Waals surface area contributed by atoms with Crippen LogP contribution in [-0.4, -0.2) is 53.1 Å². The normalized spacial score (nSPS) is 10.4. The van der Waals surface area contributed by atoms with E-state index in [1.807, 2.05) is 30.3 Å². The zero-order valence-corrected chi connectivity index (χ0v) is 19.7. The SMILES string of the molecule is COc1cc(-n2nc(C(=O)Nc3ccc(C(=O)NO)cc3)nc2-c2ccccc2)cc(OC)c1OC. The first-order valence-corrected chi connectivity index (χ1v) is 10.7. The molecule has 0 aliphatic heterocycles. The zero-order chi connectivity index (χ0) is 25.7. The van der Waals surface area contributed by atoms with Crippen LogP contribution >= 0.6 is 0 Å². The van der Waals surface area contributed by atoms with E-state index in [4.69, 9.17) is 19.4 Å². The van der Waals surface area contributed by atoms with Crippen molar-refractivity contribution in [1.82, 2.24) is 20.2 Å². The molecule has 3 N–H and O–H groups in total. The van der Waals surface area contributed by atoms with E-state index in [0.717, 1.165) is 5.56 Å². The fourth-order valence-electron chi connectivity index (χ4n) is 3.51. The molecule has 0 radical (unpaired) electrons. The molecule has 0 saturated carbocycles. The summed E-state index contributed by atoms with van der Waals surface area (Å²) in [5.41, 5.74) is 3.47. The number of benzene rings is 3. The fourth-order valence-corrected chi connectivity index (χ4v) is 3.51. The lowest BCUT2D eigenvalue weighted by molar-refractivity contribution is 0.0706. The Hall–Kier alpha value is -4.90. The Morgan fingerprint density at radius 1 is 0.861 bits per heavy atom. The number of anilines is 1. The van der Waals surface area contributed by atoms with Crippen LogP contribution in [0.2, 0.25) is 0 Å². The molecule has 0 fully saturated rings. The van der Waals surface area contributed by atoms with Crippen LogP contribution in [0.5, 0.6) is 17.2 Å². The Bertz CT molecular complexity index is 1360. The van der Waals surface area contributed by atoms with Gasteiger partial charge in [0.05, 0.1) is 27.0 Å². The lowest BCUT2D eigenvalue weighted by Gasteiger charge is -2.14. The summed E-state index contributed by atoms with van der Waals surface area (Å²) >= 11 is 0. The van der Waals surface area contributed by atoms with Gasteiger partial charge in [-0.15, -0.1) is 5.10 Å². The number of amides is 2. The van der Waals surface area contributed by atoms with E-state index in [2.05, 4.69) is 15.4 Å². The van der Waals surface area contributed by atoms with Gasteiger partial charge in [0, 0.05) is 28.9 Å². The molecular weight excluding hydrogens is 466 g/mol. The number of rotatable bonds is 8. The van der Waals surface area contributed by atoms with Gasteiger partial charge >= 0.3 is 0 Å². The predicted molar refractivity (Wildman–Crippen MR) is 130 cm³/mol. The molecule has 4 aromatic rings. The topological polar surface area (TPSA) is 137 Å². The quantitative estimate of drug-likeness (QED) is 0.253. The number of carbonyl (C=O) groups excluding carboxylic acids is 2. The first-order chi connectivity index (χ1) is 17.5. The summed E-state index contributed by atoms with van der Waals surface area (Å²) in [5.74, 6) is 0.369. The molecule has 0 aliphatic carbocycles. The van der Waals surface area contributed by atoms with Crippen molar-refractivity contribution < 1.29 is 29.0 Å². The summed E-state index contributed by atoms with van der Waals surface area (Å²) in [7, 11) is 4.53. The van der Waals surface area contributed by atoms with Gasteiger partial charge in [0.2, 0.25) is 11.6 Å². The first-order valence-electron chi connectivity index (χ1n) is 10.7. The summed E-state index contributed by atoms with van der Waals surface area (Å²) in [4.78, 5) is 29.0. The molecule has 0 unspecified atom stereocenters. The summed E-state index contributed by atoms with van der Waals surface area (Å²) in [6.45, 7) is 0. The van der Waals surface area contributed by atoms with E-state index in [1.54, 1.807) is 17.6 Å². The molecule has 36 heavy (non-hydrogen) atoms. The molecule has 184 valence electrons. The molecule has 1 heterocycles. The van der Waals surface area contributed by atoms with Gasteiger partial charge in [-0.05, 0) is 24.3 Å². The van der Waals surface area contributed by atoms with E-state index in [0.29, 0.717) is 34.4 Å². The fraction of sp³-hybridized carbons (Fsp3) is 0.120. The zero-order valence-electron chi connectivity index (χ0n) is 19.7. The van der Waals surface area contributed by atoms with E-state index in [9.17, 15) is 9.59 Å². The number of aromatic nitrogens is 3. The van der Waals surface area contributed by atoms with Crippen molar-refractivity contribution in [2.45, 2.75) is 0 Å². The Morgan fingerprint density at radius 2 is 1.50 bits per heavy atom. The molecule has 2 amide bonds. The van der Waals surface area contributed by atoms with Gasteiger partial charge in [-0.3, -0.25) is 14.8 Å². The van der Waals surface area contributed by atoms with E-state index >= 15 is 0 Å². The third kappa shape index (κ3) is 4.81. The number of methoxy groups -OCH3 is 3. The standard InChI is InChI=1S/C25H23N5O6/c1-34-19-13-18(14-20(35-2)21(19)36-3)30-23(15-7-5-4-6-8-15)27-22(28-30)25(32)26-17-11-9-16(10-12-17)24(31)29-33/h4-14,33H,1-3H3,(H,26,32)(H,29,31). The molecular formula is C25H23N5O6. The maximum Gasteiger partial charge on any atom is 0.295 e. The summed E-state index contributed by atoms with van der Waals surface area (Å²) in [6.07, 6.45) is 0. The minimum absolute atomic E-state index is 0.0835. The van der Waals surface area contributed by atoms with Gasteiger partial charge in [0.25, 0.3) is 11.8 Å². The van der Waals surface area contributed by atoms with Crippen molar-refractivity contribution in [2.75, 3.05) is 26.6 Å². The number of hydrogen-bond donors (Lipinski definition) is 3. The largest absolute Gasteiger partial charge is 0.493 e. The maximum atomic E-state index is 13.0. The van der Waals surface area contributed by atoms with Crippen molar-refractivity contribution in [3.05, 3.63) is 78.1 Å². The number of hydrogen-bond acceptors (Lipinski definition) is 8. The number of nitrogens with one attached hydrogen (secondary N) is 2. The van der Waals surface area contributed by atoms with Crippen molar-refractivity contribution in [2.24, 2.45) is 0 Å². The molecule has 0 saturated heterocycles. The minimum Gasteiger partial charge on any atom is -0.493 e. The predicted octanol–water partition coefficient (Wildman–Crippen LogP) is 3.33. The second-order valence-corrected chi connectivity index (χ2v) is 7.39. The number of carbonyl (C=O) groups is 2. The molecule has 0 spiro atoms. The second kappa shape index (κ2) is 10.6. The third-order valence-electron chi connectivity index (χ3n) is 5.24. The highest BCUT2D eigenvalue weighted by Crippen LogP contribution is 2.39. The number of nitrogens with zero attached hydrogens (tertiary/aromatic N) is 3. The van der Waals surface area contributed by atoms with Crippen molar-refractivity contribution >= 4 is 17.5 Å². The van der Waals surface area contributed by atoms with Crippen LogP contribution in [0.15, 0.2) is 66.7 Å². The van der Waals surface area contributed by atoms with Gasteiger partial charge in [-0.1, -0.05) is 30.3 Å². The highest BCUT2D eigenvalue weighted by molar-refractivity contribution is 6.02. The van der Waals surface area contributed by atoms with Crippen LogP contribution in [0.25, 0.3) is 17.1 Å². The average molecular weight is 489 g/mol. The lowest BCUT2D eigenvalue weighted by Crippen LogP contribution is -2.18. The Kier molecular flexibility index (Phi) is 7.12. The van der Waals surface area contributed by atoms with Gasteiger partial charge in [0.1, 0.15) is 0 Å². The smallest absolute Gasteiger partial charge is 0.295 e. The van der Waals surface area contributed by atoms with Crippen molar-refractivity contribution in [3.8, 4) is 34.3 Å². The molecule has 0 aliphatic rings. The highest BCUT2D eigenvalue weighted by Gasteiger charge is 2.22. The van der Waals surface area contributed by atoms with Gasteiger partial charge < -0.3 is 19.5 Å². The molecule has 0 bridgehead atoms.